The van der Waals surface area contributed by atoms with Crippen molar-refractivity contribution in [3.8, 4) is 5.69 Å². The third kappa shape index (κ3) is 4.15. The Morgan fingerprint density at radius 2 is 1.84 bits per heavy atom. The zero-order valence-corrected chi connectivity index (χ0v) is 14.6. The fraction of sp³-hybridized carbons (Fsp3) is 0.316. The van der Waals surface area contributed by atoms with E-state index in [2.05, 4.69) is 29.4 Å². The Labute approximate surface area is 146 Å². The molecule has 6 nitrogen and oxygen atoms in total. The van der Waals surface area contributed by atoms with Crippen molar-refractivity contribution in [2.24, 2.45) is 5.92 Å². The van der Waals surface area contributed by atoms with Gasteiger partial charge in [0.05, 0.1) is 0 Å². The summed E-state index contributed by atoms with van der Waals surface area (Å²) in [6.45, 7) is 5.92. The van der Waals surface area contributed by atoms with Gasteiger partial charge in [-0.05, 0) is 48.7 Å². The first-order valence-electron chi connectivity index (χ1n) is 8.37. The SMILES string of the molecule is Cc1nnc(C(CC(C)C)NC(=O)c2ccc(-n3cccc3)cc2)o1. The van der Waals surface area contributed by atoms with Gasteiger partial charge in [-0.15, -0.1) is 10.2 Å². The summed E-state index contributed by atoms with van der Waals surface area (Å²) < 4.78 is 7.50. The second-order valence-electron chi connectivity index (χ2n) is 6.45. The lowest BCUT2D eigenvalue weighted by Crippen LogP contribution is -2.29. The van der Waals surface area contributed by atoms with Crippen molar-refractivity contribution in [1.29, 1.82) is 0 Å². The van der Waals surface area contributed by atoms with E-state index in [1.165, 1.54) is 0 Å². The molecule has 1 unspecified atom stereocenters. The third-order valence-electron chi connectivity index (χ3n) is 3.88. The van der Waals surface area contributed by atoms with Crippen molar-refractivity contribution in [3.05, 3.63) is 66.1 Å². The van der Waals surface area contributed by atoms with Gasteiger partial charge in [-0.25, -0.2) is 0 Å². The topological polar surface area (TPSA) is 73.0 Å². The van der Waals surface area contributed by atoms with Crippen molar-refractivity contribution in [2.45, 2.75) is 33.2 Å². The summed E-state index contributed by atoms with van der Waals surface area (Å²) in [6, 6.07) is 11.1. The average molecular weight is 338 g/mol. The van der Waals surface area contributed by atoms with Gasteiger partial charge in [0.15, 0.2) is 0 Å². The number of benzene rings is 1. The van der Waals surface area contributed by atoms with Gasteiger partial charge in [-0.3, -0.25) is 4.79 Å². The number of carbonyl (C=O) groups is 1. The van der Waals surface area contributed by atoms with Crippen molar-refractivity contribution in [3.63, 3.8) is 0 Å². The van der Waals surface area contributed by atoms with Crippen LogP contribution in [0.1, 0.15) is 48.4 Å². The minimum Gasteiger partial charge on any atom is -0.423 e. The lowest BCUT2D eigenvalue weighted by atomic mass is 10.0. The van der Waals surface area contributed by atoms with Crippen LogP contribution in [0, 0.1) is 12.8 Å². The highest BCUT2D eigenvalue weighted by Gasteiger charge is 2.22. The molecule has 2 heterocycles. The molecule has 0 aliphatic carbocycles. The third-order valence-corrected chi connectivity index (χ3v) is 3.88. The van der Waals surface area contributed by atoms with Crippen LogP contribution >= 0.6 is 0 Å². The van der Waals surface area contributed by atoms with Crippen molar-refractivity contribution < 1.29 is 9.21 Å². The zero-order valence-electron chi connectivity index (χ0n) is 14.6. The molecule has 3 rings (SSSR count). The summed E-state index contributed by atoms with van der Waals surface area (Å²) in [7, 11) is 0. The van der Waals surface area contributed by atoms with Crippen LogP contribution in [0.3, 0.4) is 0 Å². The molecular weight excluding hydrogens is 316 g/mol. The summed E-state index contributed by atoms with van der Waals surface area (Å²) in [5.74, 6) is 1.17. The van der Waals surface area contributed by atoms with E-state index in [1.54, 1.807) is 6.92 Å². The number of hydrogen-bond donors (Lipinski definition) is 1. The Bertz CT molecular complexity index is 819. The number of rotatable bonds is 6. The smallest absolute Gasteiger partial charge is 0.251 e. The molecule has 0 radical (unpaired) electrons. The first-order chi connectivity index (χ1) is 12.0. The molecular formula is C19H22N4O2. The monoisotopic (exact) mass is 338 g/mol. The number of aromatic nitrogens is 3. The minimum atomic E-state index is -0.294. The van der Waals surface area contributed by atoms with Crippen molar-refractivity contribution >= 4 is 5.91 Å². The Morgan fingerprint density at radius 1 is 1.16 bits per heavy atom. The molecule has 0 saturated carbocycles. The molecule has 130 valence electrons. The van der Waals surface area contributed by atoms with Crippen LogP contribution in [0.15, 0.2) is 53.2 Å². The van der Waals surface area contributed by atoms with E-state index in [9.17, 15) is 4.79 Å². The maximum atomic E-state index is 12.6. The standard InChI is InChI=1S/C19H22N4O2/c1-13(2)12-17(19-22-21-14(3)25-19)20-18(24)15-6-8-16(9-7-15)23-10-4-5-11-23/h4-11,13,17H,12H2,1-3H3,(H,20,24). The molecule has 25 heavy (non-hydrogen) atoms. The van der Waals surface area contributed by atoms with Gasteiger partial charge in [0.2, 0.25) is 11.8 Å². The molecule has 6 heteroatoms. The van der Waals surface area contributed by atoms with E-state index in [4.69, 9.17) is 4.42 Å². The van der Waals surface area contributed by atoms with E-state index >= 15 is 0 Å². The summed E-state index contributed by atoms with van der Waals surface area (Å²) in [5, 5.41) is 10.9. The Morgan fingerprint density at radius 3 is 2.40 bits per heavy atom. The summed E-state index contributed by atoms with van der Waals surface area (Å²) in [4.78, 5) is 12.6. The van der Waals surface area contributed by atoms with Crippen LogP contribution in [-0.2, 0) is 0 Å². The summed E-state index contributed by atoms with van der Waals surface area (Å²) in [6.07, 6.45) is 4.66. The quantitative estimate of drug-likeness (QED) is 0.744. The van der Waals surface area contributed by atoms with E-state index in [0.717, 1.165) is 12.1 Å². The first-order valence-corrected chi connectivity index (χ1v) is 8.37. The van der Waals surface area contributed by atoms with Crippen LogP contribution in [0.25, 0.3) is 5.69 Å². The van der Waals surface area contributed by atoms with Crippen LogP contribution < -0.4 is 5.32 Å². The minimum absolute atomic E-state index is 0.152. The fourth-order valence-electron chi connectivity index (χ4n) is 2.68. The summed E-state index contributed by atoms with van der Waals surface area (Å²) in [5.41, 5.74) is 1.61. The molecule has 0 fully saturated rings. The number of hydrogen-bond acceptors (Lipinski definition) is 4. The summed E-state index contributed by atoms with van der Waals surface area (Å²) >= 11 is 0. The molecule has 1 atom stereocenters. The molecule has 1 aromatic carbocycles. The van der Waals surface area contributed by atoms with Crippen LogP contribution in [-0.4, -0.2) is 20.7 Å². The molecule has 1 amide bonds. The van der Waals surface area contributed by atoms with Crippen molar-refractivity contribution in [2.75, 3.05) is 0 Å². The fourth-order valence-corrected chi connectivity index (χ4v) is 2.68. The number of nitrogens with zero attached hydrogens (tertiary/aromatic N) is 3. The molecule has 2 aromatic heterocycles. The second kappa shape index (κ2) is 7.34. The lowest BCUT2D eigenvalue weighted by Gasteiger charge is -2.17. The highest BCUT2D eigenvalue weighted by atomic mass is 16.4. The van der Waals surface area contributed by atoms with Gasteiger partial charge in [0.1, 0.15) is 6.04 Å². The number of nitrogens with one attached hydrogen (secondary N) is 1. The van der Waals surface area contributed by atoms with Crippen LogP contribution in [0.2, 0.25) is 0 Å². The van der Waals surface area contributed by atoms with E-state index in [-0.39, 0.29) is 11.9 Å². The highest BCUT2D eigenvalue weighted by molar-refractivity contribution is 5.94. The normalized spacial score (nSPS) is 12.3. The number of aryl methyl sites for hydroxylation is 1. The second-order valence-corrected chi connectivity index (χ2v) is 6.45. The zero-order chi connectivity index (χ0) is 17.8. The Hall–Kier alpha value is -2.89. The lowest BCUT2D eigenvalue weighted by molar-refractivity contribution is 0.0924. The van der Waals surface area contributed by atoms with E-state index in [1.807, 2.05) is 53.4 Å². The largest absolute Gasteiger partial charge is 0.423 e. The van der Waals surface area contributed by atoms with E-state index in [0.29, 0.717) is 23.3 Å². The number of amides is 1. The van der Waals surface area contributed by atoms with Gasteiger partial charge < -0.3 is 14.3 Å². The highest BCUT2D eigenvalue weighted by Crippen LogP contribution is 2.21. The molecule has 0 saturated heterocycles. The van der Waals surface area contributed by atoms with E-state index < -0.39 is 0 Å². The predicted molar refractivity (Wildman–Crippen MR) is 94.5 cm³/mol. The van der Waals surface area contributed by atoms with Crippen LogP contribution in [0.5, 0.6) is 0 Å². The predicted octanol–water partition coefficient (Wildman–Crippen LogP) is 3.69. The molecule has 0 bridgehead atoms. The molecule has 0 aliphatic heterocycles. The Kier molecular flexibility index (Phi) is 4.97. The average Bonchev–Trinajstić information content (AvgIpc) is 3.25. The first kappa shape index (κ1) is 17.0. The molecule has 0 spiro atoms. The Balaban J connectivity index is 1.74. The number of carbonyl (C=O) groups excluding carboxylic acids is 1. The van der Waals surface area contributed by atoms with Gasteiger partial charge in [0, 0.05) is 30.6 Å². The molecule has 3 aromatic rings. The van der Waals surface area contributed by atoms with Gasteiger partial charge >= 0.3 is 0 Å². The van der Waals surface area contributed by atoms with Gasteiger partial charge in [-0.2, -0.15) is 0 Å². The molecule has 1 N–H and O–H groups in total. The van der Waals surface area contributed by atoms with Gasteiger partial charge in [0.25, 0.3) is 5.91 Å². The van der Waals surface area contributed by atoms with Crippen molar-refractivity contribution in [1.82, 2.24) is 20.1 Å². The van der Waals surface area contributed by atoms with Crippen LogP contribution in [0.4, 0.5) is 0 Å². The maximum absolute atomic E-state index is 12.6. The van der Waals surface area contributed by atoms with Gasteiger partial charge in [-0.1, -0.05) is 13.8 Å². The maximum Gasteiger partial charge on any atom is 0.251 e. The molecule has 0 aliphatic rings.